The lowest BCUT2D eigenvalue weighted by Gasteiger charge is -2.19. The molecular formula is C16H15N3O2. The van der Waals surface area contributed by atoms with Crippen LogP contribution < -0.4 is 0 Å². The van der Waals surface area contributed by atoms with Gasteiger partial charge in [0.15, 0.2) is 5.69 Å². The number of fused-ring (bicyclic) bond motifs is 2. The lowest BCUT2D eigenvalue weighted by Crippen LogP contribution is -2.31. The molecule has 106 valence electrons. The highest BCUT2D eigenvalue weighted by Gasteiger charge is 2.24. The normalized spacial score (nSPS) is 15.0. The van der Waals surface area contributed by atoms with Crippen LogP contribution in [-0.2, 0) is 13.0 Å². The molecule has 4 rings (SSSR count). The van der Waals surface area contributed by atoms with E-state index in [0.29, 0.717) is 12.2 Å². The van der Waals surface area contributed by atoms with Crippen LogP contribution in [0.4, 0.5) is 0 Å². The van der Waals surface area contributed by atoms with Gasteiger partial charge in [0.25, 0.3) is 5.91 Å². The van der Waals surface area contributed by atoms with E-state index < -0.39 is 0 Å². The van der Waals surface area contributed by atoms with Crippen LogP contribution in [0.2, 0.25) is 0 Å². The molecule has 0 aliphatic carbocycles. The smallest absolute Gasteiger partial charge is 0.275 e. The molecule has 1 aliphatic heterocycles. The molecule has 21 heavy (non-hydrogen) atoms. The van der Waals surface area contributed by atoms with Crippen LogP contribution in [0.5, 0.6) is 0 Å². The highest BCUT2D eigenvalue weighted by molar-refractivity contribution is 6.04. The Morgan fingerprint density at radius 3 is 3.14 bits per heavy atom. The molecule has 3 heterocycles. The second-order valence-corrected chi connectivity index (χ2v) is 5.32. The van der Waals surface area contributed by atoms with Crippen LogP contribution in [0.25, 0.3) is 10.9 Å². The Hall–Kier alpha value is -2.56. The topological polar surface area (TPSA) is 62.1 Å². The maximum atomic E-state index is 12.8. The van der Waals surface area contributed by atoms with Gasteiger partial charge in [0.1, 0.15) is 5.76 Å². The number of nitrogens with one attached hydrogen (secondary N) is 1. The molecule has 0 saturated carbocycles. The first-order chi connectivity index (χ1) is 10.3. The number of hydrogen-bond acceptors (Lipinski definition) is 3. The molecule has 0 fully saturated rings. The largest absolute Gasteiger partial charge is 0.469 e. The van der Waals surface area contributed by atoms with Crippen LogP contribution in [-0.4, -0.2) is 27.5 Å². The first kappa shape index (κ1) is 12.2. The number of aromatic amines is 1. The van der Waals surface area contributed by atoms with E-state index in [0.717, 1.165) is 41.6 Å². The number of aromatic nitrogens is 2. The van der Waals surface area contributed by atoms with E-state index in [2.05, 4.69) is 10.2 Å². The van der Waals surface area contributed by atoms with E-state index in [1.165, 1.54) is 0 Å². The Balaban J connectivity index is 1.68. The molecule has 0 spiro atoms. The van der Waals surface area contributed by atoms with Crippen molar-refractivity contribution < 1.29 is 9.21 Å². The molecule has 1 aromatic carbocycles. The quantitative estimate of drug-likeness (QED) is 0.746. The van der Waals surface area contributed by atoms with Gasteiger partial charge in [-0.05, 0) is 18.6 Å². The fraction of sp³-hybridized carbons (Fsp3) is 0.250. The Morgan fingerprint density at radius 2 is 2.19 bits per heavy atom. The van der Waals surface area contributed by atoms with E-state index >= 15 is 0 Å². The first-order valence-electron chi connectivity index (χ1n) is 7.10. The summed E-state index contributed by atoms with van der Waals surface area (Å²) in [6.07, 6.45) is 3.49. The van der Waals surface area contributed by atoms with Gasteiger partial charge < -0.3 is 9.32 Å². The number of rotatable bonds is 1. The number of hydrogen-bond donors (Lipinski definition) is 1. The zero-order valence-electron chi connectivity index (χ0n) is 11.5. The van der Waals surface area contributed by atoms with Crippen molar-refractivity contribution in [2.24, 2.45) is 0 Å². The van der Waals surface area contributed by atoms with E-state index in [4.69, 9.17) is 4.42 Å². The van der Waals surface area contributed by atoms with Crippen molar-refractivity contribution in [2.45, 2.75) is 19.4 Å². The number of H-pyrrole nitrogens is 1. The molecule has 0 bridgehead atoms. The highest BCUT2D eigenvalue weighted by Crippen LogP contribution is 2.23. The molecular weight excluding hydrogens is 266 g/mol. The lowest BCUT2D eigenvalue weighted by atomic mass is 10.2. The molecule has 5 heteroatoms. The molecule has 5 nitrogen and oxygen atoms in total. The number of aryl methyl sites for hydroxylation is 1. The number of carbonyl (C=O) groups excluding carboxylic acids is 1. The minimum absolute atomic E-state index is 0.0264. The molecule has 0 unspecified atom stereocenters. The SMILES string of the molecule is O=C(c1n[nH]c2ccccc12)N1CCCc2occc2C1. The number of nitrogens with zero attached hydrogens (tertiary/aromatic N) is 2. The van der Waals surface area contributed by atoms with Gasteiger partial charge in [-0.3, -0.25) is 9.89 Å². The first-order valence-corrected chi connectivity index (χ1v) is 7.10. The average molecular weight is 281 g/mol. The summed E-state index contributed by atoms with van der Waals surface area (Å²) in [6.45, 7) is 1.32. The summed E-state index contributed by atoms with van der Waals surface area (Å²) in [6, 6.07) is 9.65. The summed E-state index contributed by atoms with van der Waals surface area (Å²) in [7, 11) is 0. The van der Waals surface area contributed by atoms with Crippen molar-refractivity contribution in [1.82, 2.24) is 15.1 Å². The zero-order valence-corrected chi connectivity index (χ0v) is 11.5. The van der Waals surface area contributed by atoms with E-state index in [9.17, 15) is 4.79 Å². The summed E-state index contributed by atoms with van der Waals surface area (Å²) >= 11 is 0. The lowest BCUT2D eigenvalue weighted by molar-refractivity contribution is 0.0742. The number of para-hydroxylation sites is 1. The van der Waals surface area contributed by atoms with Crippen LogP contribution >= 0.6 is 0 Å². The maximum absolute atomic E-state index is 12.8. The summed E-state index contributed by atoms with van der Waals surface area (Å²) in [4.78, 5) is 14.6. The number of benzene rings is 1. The van der Waals surface area contributed by atoms with E-state index in [1.807, 2.05) is 35.2 Å². The van der Waals surface area contributed by atoms with Crippen molar-refractivity contribution in [1.29, 1.82) is 0 Å². The van der Waals surface area contributed by atoms with Crippen LogP contribution in [0, 0.1) is 0 Å². The predicted octanol–water partition coefficient (Wildman–Crippen LogP) is 2.74. The molecule has 3 aromatic rings. The molecule has 1 amide bonds. The minimum atomic E-state index is -0.0264. The minimum Gasteiger partial charge on any atom is -0.469 e. The van der Waals surface area contributed by atoms with Gasteiger partial charge in [-0.1, -0.05) is 18.2 Å². The summed E-state index contributed by atoms with van der Waals surface area (Å²) < 4.78 is 5.47. The Labute approximate surface area is 121 Å². The van der Waals surface area contributed by atoms with Crippen LogP contribution in [0.1, 0.15) is 28.2 Å². The zero-order chi connectivity index (χ0) is 14.2. The molecule has 0 saturated heterocycles. The van der Waals surface area contributed by atoms with Crippen molar-refractivity contribution >= 4 is 16.8 Å². The monoisotopic (exact) mass is 281 g/mol. The molecule has 0 atom stereocenters. The van der Waals surface area contributed by atoms with Crippen LogP contribution in [0.3, 0.4) is 0 Å². The van der Waals surface area contributed by atoms with Gasteiger partial charge in [0.2, 0.25) is 0 Å². The van der Waals surface area contributed by atoms with E-state index in [-0.39, 0.29) is 5.91 Å². The molecule has 1 N–H and O–H groups in total. The number of amides is 1. The van der Waals surface area contributed by atoms with Gasteiger partial charge in [0.05, 0.1) is 11.8 Å². The van der Waals surface area contributed by atoms with E-state index in [1.54, 1.807) is 6.26 Å². The third kappa shape index (κ3) is 2.01. The van der Waals surface area contributed by atoms with Gasteiger partial charge in [-0.15, -0.1) is 0 Å². The fourth-order valence-corrected chi connectivity index (χ4v) is 2.89. The standard InChI is InChI=1S/C16H15N3O2/c20-16(15-12-4-1-2-5-13(12)17-18-15)19-8-3-6-14-11(10-19)7-9-21-14/h1-2,4-5,7,9H,3,6,8,10H2,(H,17,18). The van der Waals surface area contributed by atoms with Gasteiger partial charge >= 0.3 is 0 Å². The Kier molecular flexibility index (Phi) is 2.77. The maximum Gasteiger partial charge on any atom is 0.275 e. The van der Waals surface area contributed by atoms with Gasteiger partial charge in [-0.25, -0.2) is 0 Å². The van der Waals surface area contributed by atoms with Crippen molar-refractivity contribution in [3.05, 3.63) is 53.6 Å². The summed E-state index contributed by atoms with van der Waals surface area (Å²) in [5, 5.41) is 8.00. The third-order valence-corrected chi connectivity index (χ3v) is 3.99. The molecule has 1 aliphatic rings. The highest BCUT2D eigenvalue weighted by atomic mass is 16.3. The third-order valence-electron chi connectivity index (χ3n) is 3.99. The Morgan fingerprint density at radius 1 is 1.29 bits per heavy atom. The predicted molar refractivity (Wildman–Crippen MR) is 77.9 cm³/mol. The number of furan rings is 1. The van der Waals surface area contributed by atoms with Gasteiger partial charge in [0, 0.05) is 30.5 Å². The molecule has 2 aromatic heterocycles. The summed E-state index contributed by atoms with van der Waals surface area (Å²) in [5.41, 5.74) is 2.48. The van der Waals surface area contributed by atoms with Crippen LogP contribution in [0.15, 0.2) is 41.0 Å². The second kappa shape index (κ2) is 4.77. The molecule has 0 radical (unpaired) electrons. The van der Waals surface area contributed by atoms with Crippen molar-refractivity contribution in [3.8, 4) is 0 Å². The van der Waals surface area contributed by atoms with Crippen molar-refractivity contribution in [3.63, 3.8) is 0 Å². The fourth-order valence-electron chi connectivity index (χ4n) is 2.89. The van der Waals surface area contributed by atoms with Crippen molar-refractivity contribution in [2.75, 3.05) is 6.54 Å². The second-order valence-electron chi connectivity index (χ2n) is 5.32. The summed E-state index contributed by atoms with van der Waals surface area (Å²) in [5.74, 6) is 0.971. The number of carbonyl (C=O) groups is 1. The van der Waals surface area contributed by atoms with Gasteiger partial charge in [-0.2, -0.15) is 5.10 Å². The Bertz CT molecular complexity index is 803. The average Bonchev–Trinajstić information content (AvgIpc) is 3.08.